The number of hydrogen-bond acceptors (Lipinski definition) is 2. The minimum atomic E-state index is 0.218. The zero-order valence-corrected chi connectivity index (χ0v) is 12.9. The topological polar surface area (TPSA) is 25.2 Å². The predicted molar refractivity (Wildman–Crippen MR) is 83.7 cm³/mol. The van der Waals surface area contributed by atoms with Crippen molar-refractivity contribution in [2.24, 2.45) is 5.92 Å². The molecule has 2 atom stereocenters. The Balaban J connectivity index is 1.97. The van der Waals surface area contributed by atoms with Crippen LogP contribution in [0.15, 0.2) is 47.1 Å². The van der Waals surface area contributed by atoms with Crippen LogP contribution in [0.25, 0.3) is 0 Å². The minimum Gasteiger partial charge on any atom is -0.468 e. The Hall–Kier alpha value is -1.54. The Labute approximate surface area is 122 Å². The normalized spacial score (nSPS) is 14.4. The van der Waals surface area contributed by atoms with Crippen LogP contribution in [0, 0.1) is 5.92 Å². The van der Waals surface area contributed by atoms with Gasteiger partial charge >= 0.3 is 0 Å². The molecule has 2 rings (SSSR count). The molecule has 0 aliphatic rings. The van der Waals surface area contributed by atoms with Crippen molar-refractivity contribution < 1.29 is 4.42 Å². The van der Waals surface area contributed by atoms with Crippen LogP contribution in [0.5, 0.6) is 0 Å². The molecule has 1 aromatic heterocycles. The standard InChI is InChI=1S/C18H25NO/c1-13(2)12-16-7-9-17(10-8-16)14(3)19-15(4)18-6-5-11-20-18/h5-11,13-15,19H,12H2,1-4H3/t14?,15-/m1/s1. The molecular formula is C18H25NO. The zero-order chi connectivity index (χ0) is 14.5. The lowest BCUT2D eigenvalue weighted by atomic mass is 9.99. The second-order valence-corrected chi connectivity index (χ2v) is 5.97. The lowest BCUT2D eigenvalue weighted by molar-refractivity contribution is 0.403. The van der Waals surface area contributed by atoms with E-state index < -0.39 is 0 Å². The molecule has 0 aliphatic carbocycles. The van der Waals surface area contributed by atoms with E-state index >= 15 is 0 Å². The molecule has 2 nitrogen and oxygen atoms in total. The quantitative estimate of drug-likeness (QED) is 0.809. The van der Waals surface area contributed by atoms with Crippen LogP contribution < -0.4 is 5.32 Å². The van der Waals surface area contributed by atoms with Crippen molar-refractivity contribution in [1.82, 2.24) is 5.32 Å². The summed E-state index contributed by atoms with van der Waals surface area (Å²) in [5, 5.41) is 3.57. The van der Waals surface area contributed by atoms with E-state index in [9.17, 15) is 0 Å². The fourth-order valence-electron chi connectivity index (χ4n) is 2.50. The Morgan fingerprint density at radius 1 is 0.950 bits per heavy atom. The third-order valence-corrected chi connectivity index (χ3v) is 3.59. The smallest absolute Gasteiger partial charge is 0.120 e. The number of nitrogens with one attached hydrogen (secondary N) is 1. The molecule has 0 spiro atoms. The van der Waals surface area contributed by atoms with Gasteiger partial charge in [-0.3, -0.25) is 0 Å². The first kappa shape index (κ1) is 14.9. The molecule has 20 heavy (non-hydrogen) atoms. The Morgan fingerprint density at radius 3 is 2.20 bits per heavy atom. The third-order valence-electron chi connectivity index (χ3n) is 3.59. The monoisotopic (exact) mass is 271 g/mol. The van der Waals surface area contributed by atoms with Crippen molar-refractivity contribution in [2.45, 2.75) is 46.2 Å². The Bertz CT molecular complexity index is 499. The highest BCUT2D eigenvalue weighted by molar-refractivity contribution is 5.25. The highest BCUT2D eigenvalue weighted by Crippen LogP contribution is 2.20. The molecule has 0 aliphatic heterocycles. The van der Waals surface area contributed by atoms with Crippen molar-refractivity contribution >= 4 is 0 Å². The van der Waals surface area contributed by atoms with Gasteiger partial charge in [-0.05, 0) is 49.4 Å². The van der Waals surface area contributed by atoms with Gasteiger partial charge in [-0.1, -0.05) is 38.1 Å². The molecule has 0 saturated carbocycles. The molecule has 1 N–H and O–H groups in total. The maximum Gasteiger partial charge on any atom is 0.120 e. The van der Waals surface area contributed by atoms with Gasteiger partial charge in [0.15, 0.2) is 0 Å². The van der Waals surface area contributed by atoms with Gasteiger partial charge in [-0.15, -0.1) is 0 Å². The van der Waals surface area contributed by atoms with E-state index in [0.29, 0.717) is 12.0 Å². The molecule has 2 aromatic rings. The third kappa shape index (κ3) is 3.97. The number of benzene rings is 1. The van der Waals surface area contributed by atoms with Crippen molar-refractivity contribution in [3.63, 3.8) is 0 Å². The summed E-state index contributed by atoms with van der Waals surface area (Å²) in [7, 11) is 0. The average molecular weight is 271 g/mol. The van der Waals surface area contributed by atoms with Gasteiger partial charge in [-0.2, -0.15) is 0 Å². The second kappa shape index (κ2) is 6.76. The largest absolute Gasteiger partial charge is 0.468 e. The fraction of sp³-hybridized carbons (Fsp3) is 0.444. The summed E-state index contributed by atoms with van der Waals surface area (Å²) in [4.78, 5) is 0. The maximum atomic E-state index is 5.43. The summed E-state index contributed by atoms with van der Waals surface area (Å²) in [6.07, 6.45) is 2.86. The summed E-state index contributed by atoms with van der Waals surface area (Å²) in [5.74, 6) is 1.68. The number of furan rings is 1. The van der Waals surface area contributed by atoms with Gasteiger partial charge < -0.3 is 9.73 Å². The summed E-state index contributed by atoms with van der Waals surface area (Å²) >= 11 is 0. The predicted octanol–water partition coefficient (Wildman–Crippen LogP) is 4.89. The summed E-state index contributed by atoms with van der Waals surface area (Å²) in [6, 6.07) is 13.4. The molecule has 0 amide bonds. The van der Waals surface area contributed by atoms with E-state index in [1.165, 1.54) is 11.1 Å². The van der Waals surface area contributed by atoms with Crippen LogP contribution >= 0.6 is 0 Å². The molecule has 0 bridgehead atoms. The Morgan fingerprint density at radius 2 is 1.65 bits per heavy atom. The first-order valence-electron chi connectivity index (χ1n) is 7.44. The van der Waals surface area contributed by atoms with Crippen LogP contribution in [0.1, 0.15) is 56.7 Å². The van der Waals surface area contributed by atoms with Crippen molar-refractivity contribution in [1.29, 1.82) is 0 Å². The van der Waals surface area contributed by atoms with E-state index in [-0.39, 0.29) is 6.04 Å². The lowest BCUT2D eigenvalue weighted by Crippen LogP contribution is -2.22. The highest BCUT2D eigenvalue weighted by atomic mass is 16.3. The summed E-state index contributed by atoms with van der Waals surface area (Å²) in [5.41, 5.74) is 2.73. The molecule has 1 unspecified atom stereocenters. The van der Waals surface area contributed by atoms with Gasteiger partial charge in [-0.25, -0.2) is 0 Å². The molecule has 0 radical (unpaired) electrons. The van der Waals surface area contributed by atoms with Crippen molar-refractivity contribution in [3.8, 4) is 0 Å². The fourth-order valence-corrected chi connectivity index (χ4v) is 2.50. The molecule has 0 fully saturated rings. The van der Waals surface area contributed by atoms with Crippen LogP contribution in [0.4, 0.5) is 0 Å². The molecule has 1 aromatic carbocycles. The molecule has 2 heteroatoms. The maximum absolute atomic E-state index is 5.43. The van der Waals surface area contributed by atoms with Gasteiger partial charge in [0.1, 0.15) is 5.76 Å². The van der Waals surface area contributed by atoms with Crippen LogP contribution in [-0.4, -0.2) is 0 Å². The first-order valence-corrected chi connectivity index (χ1v) is 7.44. The number of hydrogen-bond donors (Lipinski definition) is 1. The average Bonchev–Trinajstić information content (AvgIpc) is 2.92. The van der Waals surface area contributed by atoms with Crippen molar-refractivity contribution in [2.75, 3.05) is 0 Å². The van der Waals surface area contributed by atoms with Crippen LogP contribution in [-0.2, 0) is 6.42 Å². The van der Waals surface area contributed by atoms with Crippen molar-refractivity contribution in [3.05, 3.63) is 59.5 Å². The molecule has 1 heterocycles. The van der Waals surface area contributed by atoms with Gasteiger partial charge in [0.05, 0.1) is 12.3 Å². The molecule has 108 valence electrons. The summed E-state index contributed by atoms with van der Waals surface area (Å²) in [6.45, 7) is 8.83. The minimum absolute atomic E-state index is 0.218. The Kier molecular flexibility index (Phi) is 5.02. The van der Waals surface area contributed by atoms with E-state index in [2.05, 4.69) is 57.3 Å². The van der Waals surface area contributed by atoms with Gasteiger partial charge in [0.25, 0.3) is 0 Å². The number of rotatable bonds is 6. The highest BCUT2D eigenvalue weighted by Gasteiger charge is 2.13. The van der Waals surface area contributed by atoms with E-state index in [0.717, 1.165) is 12.2 Å². The van der Waals surface area contributed by atoms with Gasteiger partial charge in [0.2, 0.25) is 0 Å². The summed E-state index contributed by atoms with van der Waals surface area (Å²) < 4.78 is 5.43. The van der Waals surface area contributed by atoms with E-state index in [1.807, 2.05) is 12.1 Å². The van der Waals surface area contributed by atoms with Gasteiger partial charge in [0, 0.05) is 6.04 Å². The van der Waals surface area contributed by atoms with E-state index in [4.69, 9.17) is 4.42 Å². The SMILES string of the molecule is CC(C)Cc1ccc(C(C)N[C@H](C)c2ccco2)cc1. The first-order chi connectivity index (χ1) is 9.56. The van der Waals surface area contributed by atoms with Crippen LogP contribution in [0.3, 0.4) is 0 Å². The zero-order valence-electron chi connectivity index (χ0n) is 12.9. The molecular weight excluding hydrogens is 246 g/mol. The lowest BCUT2D eigenvalue weighted by Gasteiger charge is -2.19. The second-order valence-electron chi connectivity index (χ2n) is 5.97. The molecule has 0 saturated heterocycles. The van der Waals surface area contributed by atoms with E-state index in [1.54, 1.807) is 6.26 Å². The van der Waals surface area contributed by atoms with Crippen LogP contribution in [0.2, 0.25) is 0 Å².